The van der Waals surface area contributed by atoms with Crippen molar-refractivity contribution in [1.82, 2.24) is 10.3 Å². The summed E-state index contributed by atoms with van der Waals surface area (Å²) < 4.78 is 0. The molecule has 2 N–H and O–H groups in total. The molecule has 2 aromatic carbocycles. The van der Waals surface area contributed by atoms with Gasteiger partial charge in [0.05, 0.1) is 11.0 Å². The molecule has 1 atom stereocenters. The Labute approximate surface area is 143 Å². The number of amides is 1. The summed E-state index contributed by atoms with van der Waals surface area (Å²) in [5.41, 5.74) is 1.47. The van der Waals surface area contributed by atoms with E-state index in [2.05, 4.69) is 10.3 Å². The number of nitro groups is 1. The quantitative estimate of drug-likeness (QED) is 0.562. The monoisotopic (exact) mass is 337 g/mol. The lowest BCUT2D eigenvalue weighted by Gasteiger charge is -2.20. The summed E-state index contributed by atoms with van der Waals surface area (Å²) in [6.45, 7) is 1.37. The molecule has 0 fully saturated rings. The molecule has 0 aliphatic heterocycles. The SMILES string of the molecule is CC(=O)NC(c1ccc([N+](=O)[O-])cc1)c1ccc2cccnc2c1O. The van der Waals surface area contributed by atoms with Crippen LogP contribution in [0.15, 0.2) is 54.7 Å². The van der Waals surface area contributed by atoms with Gasteiger partial charge in [0, 0.05) is 36.2 Å². The highest BCUT2D eigenvalue weighted by Gasteiger charge is 2.21. The van der Waals surface area contributed by atoms with Crippen molar-refractivity contribution in [2.45, 2.75) is 13.0 Å². The van der Waals surface area contributed by atoms with Crippen molar-refractivity contribution in [2.24, 2.45) is 0 Å². The van der Waals surface area contributed by atoms with Crippen LogP contribution in [-0.4, -0.2) is 20.9 Å². The summed E-state index contributed by atoms with van der Waals surface area (Å²) in [5.74, 6) is -0.320. The fourth-order valence-corrected chi connectivity index (χ4v) is 2.71. The van der Waals surface area contributed by atoms with Crippen LogP contribution in [-0.2, 0) is 4.79 Å². The highest BCUT2D eigenvalue weighted by Crippen LogP contribution is 2.34. The fourth-order valence-electron chi connectivity index (χ4n) is 2.71. The molecule has 0 spiro atoms. The molecule has 1 aromatic heterocycles. The van der Waals surface area contributed by atoms with Crippen LogP contribution in [0.5, 0.6) is 5.75 Å². The third-order valence-electron chi connectivity index (χ3n) is 3.87. The Balaban J connectivity index is 2.11. The van der Waals surface area contributed by atoms with Crippen LogP contribution >= 0.6 is 0 Å². The number of benzene rings is 2. The first-order valence-electron chi connectivity index (χ1n) is 7.55. The van der Waals surface area contributed by atoms with E-state index in [4.69, 9.17) is 0 Å². The van der Waals surface area contributed by atoms with E-state index in [0.29, 0.717) is 16.6 Å². The lowest BCUT2D eigenvalue weighted by molar-refractivity contribution is -0.384. The minimum atomic E-state index is -0.648. The maximum absolute atomic E-state index is 11.6. The second-order valence-corrected chi connectivity index (χ2v) is 5.56. The van der Waals surface area contributed by atoms with Crippen LogP contribution < -0.4 is 5.32 Å². The Kier molecular flexibility index (Phi) is 4.30. The number of non-ortho nitro benzene ring substituents is 1. The number of pyridine rings is 1. The Hall–Kier alpha value is -3.48. The number of nitrogens with zero attached hydrogens (tertiary/aromatic N) is 2. The van der Waals surface area contributed by atoms with E-state index in [9.17, 15) is 20.0 Å². The Bertz CT molecular complexity index is 954. The van der Waals surface area contributed by atoms with Crippen molar-refractivity contribution in [2.75, 3.05) is 0 Å². The van der Waals surface area contributed by atoms with Gasteiger partial charge in [-0.25, -0.2) is 0 Å². The molecule has 1 heterocycles. The van der Waals surface area contributed by atoms with E-state index in [1.54, 1.807) is 36.5 Å². The zero-order valence-electron chi connectivity index (χ0n) is 13.3. The van der Waals surface area contributed by atoms with E-state index >= 15 is 0 Å². The van der Waals surface area contributed by atoms with Crippen molar-refractivity contribution < 1.29 is 14.8 Å². The smallest absolute Gasteiger partial charge is 0.269 e. The number of rotatable bonds is 4. The molecule has 0 aliphatic carbocycles. The second kappa shape index (κ2) is 6.56. The molecule has 0 saturated heterocycles. The highest BCUT2D eigenvalue weighted by atomic mass is 16.6. The average Bonchev–Trinajstić information content (AvgIpc) is 2.60. The lowest BCUT2D eigenvalue weighted by Crippen LogP contribution is -2.27. The first kappa shape index (κ1) is 16.4. The predicted molar refractivity (Wildman–Crippen MR) is 92.2 cm³/mol. The maximum atomic E-state index is 11.6. The first-order valence-corrected chi connectivity index (χ1v) is 7.55. The van der Waals surface area contributed by atoms with E-state index in [0.717, 1.165) is 5.39 Å². The molecule has 25 heavy (non-hydrogen) atoms. The van der Waals surface area contributed by atoms with Crippen molar-refractivity contribution in [3.63, 3.8) is 0 Å². The van der Waals surface area contributed by atoms with Crippen molar-refractivity contribution in [1.29, 1.82) is 0 Å². The number of hydrogen-bond donors (Lipinski definition) is 2. The van der Waals surface area contributed by atoms with Gasteiger partial charge in [0.15, 0.2) is 0 Å². The number of carbonyl (C=O) groups excluding carboxylic acids is 1. The minimum Gasteiger partial charge on any atom is -0.505 e. The van der Waals surface area contributed by atoms with Crippen LogP contribution in [0.1, 0.15) is 24.1 Å². The number of fused-ring (bicyclic) bond motifs is 1. The van der Waals surface area contributed by atoms with Gasteiger partial charge in [0.1, 0.15) is 11.3 Å². The Morgan fingerprint density at radius 1 is 1.20 bits per heavy atom. The van der Waals surface area contributed by atoms with Gasteiger partial charge in [-0.1, -0.05) is 18.2 Å². The average molecular weight is 337 g/mol. The summed E-state index contributed by atoms with van der Waals surface area (Å²) in [5, 5.41) is 25.0. The summed E-state index contributed by atoms with van der Waals surface area (Å²) in [7, 11) is 0. The first-order chi connectivity index (χ1) is 12.0. The van der Waals surface area contributed by atoms with Gasteiger partial charge in [0.25, 0.3) is 5.69 Å². The number of nitro benzene ring substituents is 1. The molecular formula is C18H15N3O4. The fraction of sp³-hybridized carbons (Fsp3) is 0.111. The molecule has 1 amide bonds. The molecular weight excluding hydrogens is 322 g/mol. The molecule has 0 bridgehead atoms. The van der Waals surface area contributed by atoms with Crippen molar-refractivity contribution >= 4 is 22.5 Å². The zero-order valence-corrected chi connectivity index (χ0v) is 13.3. The van der Waals surface area contributed by atoms with Gasteiger partial charge in [-0.05, 0) is 23.8 Å². The zero-order chi connectivity index (χ0) is 18.0. The van der Waals surface area contributed by atoms with Crippen LogP contribution in [0.2, 0.25) is 0 Å². The summed E-state index contributed by atoms with van der Waals surface area (Å²) in [6.07, 6.45) is 1.57. The van der Waals surface area contributed by atoms with Gasteiger partial charge in [0.2, 0.25) is 5.91 Å². The summed E-state index contributed by atoms with van der Waals surface area (Å²) in [4.78, 5) is 26.1. The molecule has 0 saturated carbocycles. The highest BCUT2D eigenvalue weighted by molar-refractivity contribution is 5.86. The number of carbonyl (C=O) groups is 1. The van der Waals surface area contributed by atoms with Crippen LogP contribution in [0.25, 0.3) is 10.9 Å². The number of nitrogens with one attached hydrogen (secondary N) is 1. The van der Waals surface area contributed by atoms with Gasteiger partial charge in [-0.3, -0.25) is 19.9 Å². The topological polar surface area (TPSA) is 105 Å². The third kappa shape index (κ3) is 3.25. The van der Waals surface area contributed by atoms with Crippen molar-refractivity contribution in [3.8, 4) is 5.75 Å². The number of phenols is 1. The molecule has 7 heteroatoms. The van der Waals surface area contributed by atoms with E-state index in [-0.39, 0.29) is 17.3 Å². The second-order valence-electron chi connectivity index (χ2n) is 5.56. The van der Waals surface area contributed by atoms with Crippen LogP contribution in [0.4, 0.5) is 5.69 Å². The van der Waals surface area contributed by atoms with Crippen LogP contribution in [0.3, 0.4) is 0 Å². The third-order valence-corrected chi connectivity index (χ3v) is 3.87. The van der Waals surface area contributed by atoms with Gasteiger partial charge in [-0.2, -0.15) is 0 Å². The van der Waals surface area contributed by atoms with Crippen LogP contribution in [0, 0.1) is 10.1 Å². The van der Waals surface area contributed by atoms with E-state index < -0.39 is 11.0 Å². The number of phenolic OH excluding ortho intramolecular Hbond substituents is 1. The normalized spacial score (nSPS) is 11.9. The predicted octanol–water partition coefficient (Wildman–Crippen LogP) is 3.07. The molecule has 7 nitrogen and oxygen atoms in total. The standard InChI is InChI=1S/C18H15N3O4/c1-11(22)20-16(13-4-7-14(8-5-13)21(24)25)15-9-6-12-3-2-10-19-17(12)18(15)23/h2-10,16,23H,1H3,(H,20,22). The van der Waals surface area contributed by atoms with Gasteiger partial charge in [-0.15, -0.1) is 0 Å². The minimum absolute atomic E-state index is 0.0322. The van der Waals surface area contributed by atoms with Gasteiger partial charge < -0.3 is 10.4 Å². The molecule has 0 radical (unpaired) electrons. The van der Waals surface area contributed by atoms with E-state index in [1.807, 2.05) is 6.07 Å². The Morgan fingerprint density at radius 3 is 2.56 bits per heavy atom. The lowest BCUT2D eigenvalue weighted by atomic mass is 9.96. The summed E-state index contributed by atoms with van der Waals surface area (Å²) in [6, 6.07) is 12.3. The van der Waals surface area contributed by atoms with Crippen molar-refractivity contribution in [3.05, 3.63) is 76.0 Å². The molecule has 126 valence electrons. The summed E-state index contributed by atoms with van der Waals surface area (Å²) >= 11 is 0. The number of hydrogen-bond acceptors (Lipinski definition) is 5. The molecule has 1 unspecified atom stereocenters. The maximum Gasteiger partial charge on any atom is 0.269 e. The Morgan fingerprint density at radius 2 is 1.92 bits per heavy atom. The van der Waals surface area contributed by atoms with Gasteiger partial charge >= 0.3 is 0 Å². The largest absolute Gasteiger partial charge is 0.505 e. The number of aromatic hydroxyl groups is 1. The molecule has 3 aromatic rings. The molecule has 3 rings (SSSR count). The number of aromatic nitrogens is 1. The molecule has 0 aliphatic rings. The van der Waals surface area contributed by atoms with E-state index in [1.165, 1.54) is 19.1 Å².